The third kappa shape index (κ3) is 3.12. The van der Waals surface area contributed by atoms with Gasteiger partial charge < -0.3 is 15.0 Å². The number of hydrogen-bond acceptors (Lipinski definition) is 6. The molecule has 1 aromatic heterocycles. The number of aromatic nitrogens is 3. The predicted molar refractivity (Wildman–Crippen MR) is 74.9 cm³/mol. The van der Waals surface area contributed by atoms with Gasteiger partial charge in [-0.3, -0.25) is 9.89 Å². The van der Waals surface area contributed by atoms with Crippen molar-refractivity contribution in [2.45, 2.75) is 30.5 Å². The van der Waals surface area contributed by atoms with Gasteiger partial charge in [-0.15, -0.1) is 5.10 Å². The molecule has 0 aliphatic carbocycles. The lowest BCUT2D eigenvalue weighted by Crippen LogP contribution is -2.52. The number of nitrogens with one attached hydrogen (secondary N) is 2. The van der Waals surface area contributed by atoms with Crippen molar-refractivity contribution in [3.8, 4) is 0 Å². The SMILES string of the molecule is Cc1nc(SCC(=O)N2CCCC3(CNC(=O)O3)C2)n[nH]1. The van der Waals surface area contributed by atoms with Crippen LogP contribution in [0.1, 0.15) is 18.7 Å². The molecule has 0 bridgehead atoms. The highest BCUT2D eigenvalue weighted by Crippen LogP contribution is 2.28. The zero-order valence-corrected chi connectivity index (χ0v) is 12.5. The van der Waals surface area contributed by atoms with E-state index in [9.17, 15) is 9.59 Å². The van der Waals surface area contributed by atoms with Gasteiger partial charge in [-0.1, -0.05) is 11.8 Å². The smallest absolute Gasteiger partial charge is 0.407 e. The summed E-state index contributed by atoms with van der Waals surface area (Å²) in [5, 5.41) is 9.98. The van der Waals surface area contributed by atoms with E-state index in [4.69, 9.17) is 4.74 Å². The average molecular weight is 311 g/mol. The van der Waals surface area contributed by atoms with Crippen LogP contribution in [-0.4, -0.2) is 63.1 Å². The van der Waals surface area contributed by atoms with Crippen LogP contribution in [0, 0.1) is 6.92 Å². The molecule has 0 saturated carbocycles. The van der Waals surface area contributed by atoms with Gasteiger partial charge in [-0.25, -0.2) is 9.78 Å². The second kappa shape index (κ2) is 5.55. The van der Waals surface area contributed by atoms with Crippen LogP contribution in [0.5, 0.6) is 0 Å². The lowest BCUT2D eigenvalue weighted by atomic mass is 9.93. The van der Waals surface area contributed by atoms with Crippen LogP contribution in [0.2, 0.25) is 0 Å². The van der Waals surface area contributed by atoms with Gasteiger partial charge in [0.2, 0.25) is 11.1 Å². The van der Waals surface area contributed by atoms with Gasteiger partial charge in [0.05, 0.1) is 18.8 Å². The van der Waals surface area contributed by atoms with Gasteiger partial charge >= 0.3 is 6.09 Å². The monoisotopic (exact) mass is 311 g/mol. The molecule has 2 fully saturated rings. The van der Waals surface area contributed by atoms with Crippen molar-refractivity contribution in [1.82, 2.24) is 25.4 Å². The Balaban J connectivity index is 1.56. The first-order valence-corrected chi connectivity index (χ1v) is 7.81. The van der Waals surface area contributed by atoms with E-state index in [1.807, 2.05) is 6.92 Å². The molecular formula is C12H17N5O3S. The Bertz CT molecular complexity index is 563. The number of alkyl carbamates (subject to hydrolysis) is 1. The fourth-order valence-electron chi connectivity index (χ4n) is 2.64. The first kappa shape index (κ1) is 14.2. The van der Waals surface area contributed by atoms with Crippen molar-refractivity contribution in [1.29, 1.82) is 0 Å². The van der Waals surface area contributed by atoms with Crippen LogP contribution in [0.15, 0.2) is 5.16 Å². The summed E-state index contributed by atoms with van der Waals surface area (Å²) in [6, 6.07) is 0. The molecule has 2 aliphatic rings. The van der Waals surface area contributed by atoms with Crippen molar-refractivity contribution < 1.29 is 14.3 Å². The van der Waals surface area contributed by atoms with Crippen LogP contribution in [0.4, 0.5) is 4.79 Å². The summed E-state index contributed by atoms with van der Waals surface area (Å²) < 4.78 is 5.36. The second-order valence-electron chi connectivity index (χ2n) is 5.34. The highest BCUT2D eigenvalue weighted by atomic mass is 32.2. The highest BCUT2D eigenvalue weighted by molar-refractivity contribution is 7.99. The molecule has 1 spiro atoms. The quantitative estimate of drug-likeness (QED) is 0.779. The number of piperidine rings is 1. The fourth-order valence-corrected chi connectivity index (χ4v) is 3.39. The van der Waals surface area contributed by atoms with Crippen LogP contribution >= 0.6 is 11.8 Å². The topological polar surface area (TPSA) is 100 Å². The molecule has 21 heavy (non-hydrogen) atoms. The number of nitrogens with zero attached hydrogens (tertiary/aromatic N) is 3. The molecule has 3 rings (SSSR count). The third-order valence-electron chi connectivity index (χ3n) is 3.66. The van der Waals surface area contributed by atoms with Gasteiger partial charge in [-0.2, -0.15) is 0 Å². The van der Waals surface area contributed by atoms with Gasteiger partial charge in [-0.05, 0) is 19.8 Å². The standard InChI is InChI=1S/C12H17N5O3S/c1-8-14-10(16-15-8)21-5-9(18)17-4-2-3-12(7-17)6-13-11(19)20-12/h2-7H2,1H3,(H,13,19)(H,14,15,16). The number of H-pyrrole nitrogens is 1. The molecule has 8 nitrogen and oxygen atoms in total. The van der Waals surface area contributed by atoms with Gasteiger partial charge in [0.15, 0.2) is 0 Å². The minimum Gasteiger partial charge on any atom is -0.439 e. The Hall–Kier alpha value is -1.77. The molecule has 1 atom stereocenters. The van der Waals surface area contributed by atoms with Crippen molar-refractivity contribution >= 4 is 23.8 Å². The number of aryl methyl sites for hydroxylation is 1. The summed E-state index contributed by atoms with van der Waals surface area (Å²) in [5.74, 6) is 1.03. The molecule has 2 N–H and O–H groups in total. The summed E-state index contributed by atoms with van der Waals surface area (Å²) in [5.41, 5.74) is -0.545. The maximum absolute atomic E-state index is 12.3. The number of aromatic amines is 1. The number of likely N-dealkylation sites (tertiary alicyclic amines) is 1. The molecule has 0 aromatic carbocycles. The molecule has 114 valence electrons. The Kier molecular flexibility index (Phi) is 3.75. The summed E-state index contributed by atoms with van der Waals surface area (Å²) in [4.78, 5) is 29.4. The zero-order chi connectivity index (χ0) is 14.9. The summed E-state index contributed by atoms with van der Waals surface area (Å²) in [6.45, 7) is 3.45. The number of hydrogen-bond donors (Lipinski definition) is 2. The Labute approximate surface area is 126 Å². The van der Waals surface area contributed by atoms with Crippen molar-refractivity contribution in [2.75, 3.05) is 25.4 Å². The lowest BCUT2D eigenvalue weighted by Gasteiger charge is -2.38. The number of rotatable bonds is 3. The second-order valence-corrected chi connectivity index (χ2v) is 6.28. The Morgan fingerprint density at radius 1 is 1.57 bits per heavy atom. The molecule has 9 heteroatoms. The van der Waals surface area contributed by atoms with Gasteiger partial charge in [0, 0.05) is 6.54 Å². The van der Waals surface area contributed by atoms with Crippen molar-refractivity contribution in [3.05, 3.63) is 5.82 Å². The average Bonchev–Trinajstić information content (AvgIpc) is 3.03. The van der Waals surface area contributed by atoms with Crippen LogP contribution in [-0.2, 0) is 9.53 Å². The van der Waals surface area contributed by atoms with Crippen molar-refractivity contribution in [3.63, 3.8) is 0 Å². The molecule has 1 unspecified atom stereocenters. The van der Waals surface area contributed by atoms with E-state index < -0.39 is 11.7 Å². The van der Waals surface area contributed by atoms with E-state index in [0.717, 1.165) is 18.7 Å². The molecule has 2 aliphatic heterocycles. The van der Waals surface area contributed by atoms with Gasteiger partial charge in [0.1, 0.15) is 11.4 Å². The number of ether oxygens (including phenoxy) is 1. The minimum absolute atomic E-state index is 0.0180. The summed E-state index contributed by atoms with van der Waals surface area (Å²) >= 11 is 1.31. The molecule has 3 heterocycles. The van der Waals surface area contributed by atoms with E-state index in [0.29, 0.717) is 24.8 Å². The van der Waals surface area contributed by atoms with Crippen LogP contribution < -0.4 is 5.32 Å². The molecule has 1 aromatic rings. The van der Waals surface area contributed by atoms with Gasteiger partial charge in [0.25, 0.3) is 0 Å². The van der Waals surface area contributed by atoms with Crippen molar-refractivity contribution in [2.24, 2.45) is 0 Å². The van der Waals surface area contributed by atoms with E-state index in [2.05, 4.69) is 20.5 Å². The Morgan fingerprint density at radius 2 is 2.43 bits per heavy atom. The summed E-state index contributed by atoms with van der Waals surface area (Å²) in [6.07, 6.45) is 1.24. The lowest BCUT2D eigenvalue weighted by molar-refractivity contribution is -0.133. The first-order chi connectivity index (χ1) is 10.1. The normalized spacial score (nSPS) is 25.0. The van der Waals surface area contributed by atoms with E-state index >= 15 is 0 Å². The zero-order valence-electron chi connectivity index (χ0n) is 11.7. The molecule has 2 saturated heterocycles. The number of thioether (sulfide) groups is 1. The van der Waals surface area contributed by atoms with Crippen LogP contribution in [0.3, 0.4) is 0 Å². The minimum atomic E-state index is -0.545. The maximum Gasteiger partial charge on any atom is 0.407 e. The van der Waals surface area contributed by atoms with E-state index in [1.54, 1.807) is 4.90 Å². The largest absolute Gasteiger partial charge is 0.439 e. The van der Waals surface area contributed by atoms with E-state index in [1.165, 1.54) is 11.8 Å². The molecular weight excluding hydrogens is 294 g/mol. The van der Waals surface area contributed by atoms with Crippen LogP contribution in [0.25, 0.3) is 0 Å². The molecule has 2 amide bonds. The molecule has 0 radical (unpaired) electrons. The fraction of sp³-hybridized carbons (Fsp3) is 0.667. The highest BCUT2D eigenvalue weighted by Gasteiger charge is 2.44. The predicted octanol–water partition coefficient (Wildman–Crippen LogP) is 0.306. The Morgan fingerprint density at radius 3 is 3.10 bits per heavy atom. The number of carbonyl (C=O) groups excluding carboxylic acids is 2. The summed E-state index contributed by atoms with van der Waals surface area (Å²) in [7, 11) is 0. The maximum atomic E-state index is 12.3. The number of amides is 2. The third-order valence-corrected chi connectivity index (χ3v) is 4.49. The number of carbonyl (C=O) groups is 2. The van der Waals surface area contributed by atoms with E-state index in [-0.39, 0.29) is 11.7 Å². The first-order valence-electron chi connectivity index (χ1n) is 6.83.